The van der Waals surface area contributed by atoms with E-state index in [2.05, 4.69) is 4.98 Å². The van der Waals surface area contributed by atoms with Gasteiger partial charge in [-0.2, -0.15) is 0 Å². The second-order valence-corrected chi connectivity index (χ2v) is 6.35. The van der Waals surface area contributed by atoms with Crippen molar-refractivity contribution in [3.05, 3.63) is 35.8 Å². The van der Waals surface area contributed by atoms with Gasteiger partial charge in [0.25, 0.3) is 5.91 Å². The lowest BCUT2D eigenvalue weighted by atomic mass is 10.0. The molecule has 22 heavy (non-hydrogen) atoms. The molecule has 0 radical (unpaired) electrons. The molecule has 1 fully saturated rings. The van der Waals surface area contributed by atoms with E-state index in [1.807, 2.05) is 19.0 Å². The predicted molar refractivity (Wildman–Crippen MR) is 82.3 cm³/mol. The minimum Gasteiger partial charge on any atom is -0.387 e. The summed E-state index contributed by atoms with van der Waals surface area (Å²) >= 11 is 0. The quantitative estimate of drug-likeness (QED) is 0.902. The van der Waals surface area contributed by atoms with Crippen LogP contribution in [-0.4, -0.2) is 65.1 Å². The summed E-state index contributed by atoms with van der Waals surface area (Å²) in [6.45, 7) is 1.36. The van der Waals surface area contributed by atoms with Crippen LogP contribution in [0.5, 0.6) is 0 Å². The average Bonchev–Trinajstić information content (AvgIpc) is 3.00. The molecule has 0 spiro atoms. The van der Waals surface area contributed by atoms with Gasteiger partial charge in [-0.1, -0.05) is 0 Å². The van der Waals surface area contributed by atoms with E-state index in [1.165, 1.54) is 12.1 Å². The Morgan fingerprint density at radius 3 is 2.95 bits per heavy atom. The third-order valence-corrected chi connectivity index (χ3v) is 4.04. The van der Waals surface area contributed by atoms with Crippen LogP contribution >= 0.6 is 0 Å². The molecule has 118 valence electrons. The number of benzene rings is 1. The molecular formula is C16H20FN3O2. The Morgan fingerprint density at radius 2 is 2.23 bits per heavy atom. The lowest BCUT2D eigenvalue weighted by Gasteiger charge is -2.26. The van der Waals surface area contributed by atoms with E-state index in [-0.39, 0.29) is 11.7 Å². The molecule has 3 rings (SSSR count). The summed E-state index contributed by atoms with van der Waals surface area (Å²) in [5, 5.41) is 11.2. The maximum Gasteiger partial charge on any atom is 0.270 e. The Hall–Kier alpha value is -1.92. The molecule has 0 bridgehead atoms. The molecule has 2 N–H and O–H groups in total. The largest absolute Gasteiger partial charge is 0.387 e. The highest BCUT2D eigenvalue weighted by Crippen LogP contribution is 2.25. The zero-order valence-electron chi connectivity index (χ0n) is 12.8. The van der Waals surface area contributed by atoms with Crippen molar-refractivity contribution < 1.29 is 14.3 Å². The number of hydrogen-bond acceptors (Lipinski definition) is 3. The molecular weight excluding hydrogens is 285 g/mol. The minimum atomic E-state index is -0.864. The van der Waals surface area contributed by atoms with Crippen LogP contribution in [0, 0.1) is 5.82 Å². The van der Waals surface area contributed by atoms with Crippen LogP contribution in [0.3, 0.4) is 0 Å². The van der Waals surface area contributed by atoms with Gasteiger partial charge in [-0.25, -0.2) is 4.39 Å². The zero-order valence-corrected chi connectivity index (χ0v) is 12.8. The maximum absolute atomic E-state index is 13.2. The van der Waals surface area contributed by atoms with Crippen LogP contribution < -0.4 is 0 Å². The number of aliphatic hydroxyl groups is 1. The number of amides is 1. The summed E-state index contributed by atoms with van der Waals surface area (Å²) in [5.74, 6) is -0.488. The van der Waals surface area contributed by atoms with Crippen molar-refractivity contribution in [3.63, 3.8) is 0 Å². The molecule has 1 amide bonds. The van der Waals surface area contributed by atoms with E-state index >= 15 is 0 Å². The standard InChI is InChI=1S/C16H20FN3O2/c1-19(2)9-16(22)5-6-20(10-16)15(21)14-8-11-7-12(17)3-4-13(11)18-14/h3-4,7-8,18,22H,5-6,9-10H2,1-2H3. The minimum absolute atomic E-state index is 0.161. The fourth-order valence-corrected chi connectivity index (χ4v) is 3.14. The Morgan fingerprint density at radius 1 is 1.45 bits per heavy atom. The molecule has 1 aliphatic rings. The number of likely N-dealkylation sites (N-methyl/N-ethyl adjacent to an activating group) is 1. The second-order valence-electron chi connectivity index (χ2n) is 6.35. The van der Waals surface area contributed by atoms with Gasteiger partial charge in [-0.3, -0.25) is 4.79 Å². The van der Waals surface area contributed by atoms with Crippen molar-refractivity contribution in [1.29, 1.82) is 0 Å². The number of nitrogens with one attached hydrogen (secondary N) is 1. The van der Waals surface area contributed by atoms with Crippen LogP contribution in [0.4, 0.5) is 4.39 Å². The number of aromatic amines is 1. The van der Waals surface area contributed by atoms with Crippen LogP contribution in [0.1, 0.15) is 16.9 Å². The van der Waals surface area contributed by atoms with Gasteiger partial charge in [0.1, 0.15) is 11.5 Å². The van der Waals surface area contributed by atoms with Gasteiger partial charge in [-0.15, -0.1) is 0 Å². The first-order chi connectivity index (χ1) is 10.4. The topological polar surface area (TPSA) is 59.6 Å². The highest BCUT2D eigenvalue weighted by molar-refractivity contribution is 5.98. The molecule has 5 nitrogen and oxygen atoms in total. The van der Waals surface area contributed by atoms with Gasteiger partial charge in [0.05, 0.1) is 12.1 Å². The Bertz CT molecular complexity index is 712. The molecule has 1 unspecified atom stereocenters. The monoisotopic (exact) mass is 305 g/mol. The summed E-state index contributed by atoms with van der Waals surface area (Å²) in [6, 6.07) is 6.03. The maximum atomic E-state index is 13.2. The van der Waals surface area contributed by atoms with E-state index < -0.39 is 5.60 Å². The van der Waals surface area contributed by atoms with E-state index in [0.717, 1.165) is 5.52 Å². The summed E-state index contributed by atoms with van der Waals surface area (Å²) in [6.07, 6.45) is 0.561. The third kappa shape index (κ3) is 2.84. The molecule has 1 saturated heterocycles. The van der Waals surface area contributed by atoms with Gasteiger partial charge < -0.3 is 19.9 Å². The first-order valence-electron chi connectivity index (χ1n) is 7.31. The number of aromatic nitrogens is 1. The number of β-amino-alcohol motifs (C(OH)–C–C–N with tert-alkyl or cyclic N) is 1. The number of fused-ring (bicyclic) bond motifs is 1. The lowest BCUT2D eigenvalue weighted by Crippen LogP contribution is -2.43. The molecule has 2 heterocycles. The van der Waals surface area contributed by atoms with Gasteiger partial charge in [0.15, 0.2) is 0 Å². The smallest absolute Gasteiger partial charge is 0.270 e. The fourth-order valence-electron chi connectivity index (χ4n) is 3.14. The lowest BCUT2D eigenvalue weighted by molar-refractivity contribution is 0.0235. The number of halogens is 1. The fraction of sp³-hybridized carbons (Fsp3) is 0.438. The number of nitrogens with zero attached hydrogens (tertiary/aromatic N) is 2. The number of hydrogen-bond donors (Lipinski definition) is 2. The molecule has 1 aliphatic heterocycles. The van der Waals surface area contributed by atoms with Crippen molar-refractivity contribution in [3.8, 4) is 0 Å². The summed E-state index contributed by atoms with van der Waals surface area (Å²) in [5.41, 5.74) is 0.291. The predicted octanol–water partition coefficient (Wildman–Crippen LogP) is 1.45. The van der Waals surface area contributed by atoms with Crippen molar-refractivity contribution in [2.24, 2.45) is 0 Å². The molecule has 0 aliphatic carbocycles. The van der Waals surface area contributed by atoms with Gasteiger partial charge in [-0.05, 0) is 44.8 Å². The summed E-state index contributed by atoms with van der Waals surface area (Å²) < 4.78 is 13.2. The Labute approximate surface area is 128 Å². The van der Waals surface area contributed by atoms with Crippen molar-refractivity contribution in [2.75, 3.05) is 33.7 Å². The number of carbonyl (C=O) groups excluding carboxylic acids is 1. The molecule has 1 aromatic heterocycles. The number of carbonyl (C=O) groups is 1. The molecule has 1 aromatic carbocycles. The average molecular weight is 305 g/mol. The van der Waals surface area contributed by atoms with E-state index in [4.69, 9.17) is 0 Å². The molecule has 1 atom stereocenters. The van der Waals surface area contributed by atoms with Gasteiger partial charge in [0.2, 0.25) is 0 Å². The Kier molecular flexibility index (Phi) is 3.66. The highest BCUT2D eigenvalue weighted by atomic mass is 19.1. The van der Waals surface area contributed by atoms with Gasteiger partial charge >= 0.3 is 0 Å². The molecule has 6 heteroatoms. The van der Waals surface area contributed by atoms with Crippen LogP contribution in [-0.2, 0) is 0 Å². The number of rotatable bonds is 3. The normalized spacial score (nSPS) is 22.0. The highest BCUT2D eigenvalue weighted by Gasteiger charge is 2.39. The Balaban J connectivity index is 1.79. The zero-order chi connectivity index (χ0) is 15.9. The van der Waals surface area contributed by atoms with Crippen molar-refractivity contribution >= 4 is 16.8 Å². The second kappa shape index (κ2) is 5.37. The molecule has 2 aromatic rings. The first kappa shape index (κ1) is 15.0. The summed E-state index contributed by atoms with van der Waals surface area (Å²) in [4.78, 5) is 19.1. The van der Waals surface area contributed by atoms with E-state index in [9.17, 15) is 14.3 Å². The van der Waals surface area contributed by atoms with Crippen molar-refractivity contribution in [2.45, 2.75) is 12.0 Å². The van der Waals surface area contributed by atoms with Crippen molar-refractivity contribution in [1.82, 2.24) is 14.8 Å². The molecule has 0 saturated carbocycles. The van der Waals surface area contributed by atoms with E-state index in [0.29, 0.717) is 37.1 Å². The third-order valence-electron chi connectivity index (χ3n) is 4.04. The van der Waals surface area contributed by atoms with Gasteiger partial charge in [0, 0.05) is 24.0 Å². The number of H-pyrrole nitrogens is 1. The summed E-state index contributed by atoms with van der Waals surface area (Å²) in [7, 11) is 3.80. The van der Waals surface area contributed by atoms with Crippen LogP contribution in [0.2, 0.25) is 0 Å². The number of likely N-dealkylation sites (tertiary alicyclic amines) is 1. The van der Waals surface area contributed by atoms with E-state index in [1.54, 1.807) is 17.0 Å². The van der Waals surface area contributed by atoms with Crippen LogP contribution in [0.25, 0.3) is 10.9 Å². The van der Waals surface area contributed by atoms with Crippen LogP contribution in [0.15, 0.2) is 24.3 Å². The SMILES string of the molecule is CN(C)CC1(O)CCN(C(=O)c2cc3cc(F)ccc3[nH]2)C1. The first-order valence-corrected chi connectivity index (χ1v) is 7.31.